The summed E-state index contributed by atoms with van der Waals surface area (Å²) < 4.78 is 4.92. The maximum absolute atomic E-state index is 11.4. The molecule has 0 saturated carbocycles. The fourth-order valence-electron chi connectivity index (χ4n) is 1.30. The summed E-state index contributed by atoms with van der Waals surface area (Å²) in [5, 5.41) is 12.1. The van der Waals surface area contributed by atoms with E-state index in [0.29, 0.717) is 5.01 Å². The molecule has 20 heavy (non-hydrogen) atoms. The number of alkyl carbamates (subject to hydrolysis) is 1. The van der Waals surface area contributed by atoms with Gasteiger partial charge in [0.25, 0.3) is 0 Å². The van der Waals surface area contributed by atoms with E-state index in [9.17, 15) is 4.79 Å². The van der Waals surface area contributed by atoms with Gasteiger partial charge in [-0.15, -0.1) is 17.9 Å². The van der Waals surface area contributed by atoms with Crippen LogP contribution in [-0.4, -0.2) is 29.3 Å². The number of amides is 1. The molecule has 6 nitrogen and oxygen atoms in total. The Morgan fingerprint density at radius 2 is 2.45 bits per heavy atom. The van der Waals surface area contributed by atoms with Crippen molar-refractivity contribution < 1.29 is 14.6 Å². The van der Waals surface area contributed by atoms with Crippen molar-refractivity contribution in [3.63, 3.8) is 0 Å². The number of aliphatic hydroxyl groups excluding tert-OH is 1. The number of nitrogens with one attached hydrogen (secondary N) is 1. The standard InChI is InChI=1S/C13H19N3O3S/c1-2-3-4-5-6-19-13(18)16-7-10(14)11-8-15-12(9-17)20-11/h2,4-5,8,10,17H,1,3,6-7,9,14H2,(H,16,18). The van der Waals surface area contributed by atoms with Gasteiger partial charge in [0.2, 0.25) is 0 Å². The van der Waals surface area contributed by atoms with E-state index in [1.54, 1.807) is 18.3 Å². The zero-order valence-electron chi connectivity index (χ0n) is 11.1. The minimum atomic E-state index is -0.518. The molecule has 0 aromatic carbocycles. The number of aromatic nitrogens is 1. The first-order valence-corrected chi connectivity index (χ1v) is 6.96. The predicted octanol–water partition coefficient (Wildman–Crippen LogP) is 1.49. The molecule has 0 radical (unpaired) electrons. The lowest BCUT2D eigenvalue weighted by atomic mass is 10.3. The van der Waals surface area contributed by atoms with E-state index in [1.165, 1.54) is 11.3 Å². The quantitative estimate of drug-likeness (QED) is 0.632. The molecular weight excluding hydrogens is 278 g/mol. The third kappa shape index (κ3) is 5.96. The van der Waals surface area contributed by atoms with Crippen molar-refractivity contribution in [3.8, 4) is 0 Å². The Balaban J connectivity index is 2.24. The second-order valence-electron chi connectivity index (χ2n) is 3.90. The molecule has 7 heteroatoms. The lowest BCUT2D eigenvalue weighted by molar-refractivity contribution is 0.157. The Labute approximate surface area is 122 Å². The molecule has 1 heterocycles. The molecule has 110 valence electrons. The van der Waals surface area contributed by atoms with E-state index in [-0.39, 0.29) is 25.8 Å². The monoisotopic (exact) mass is 297 g/mol. The molecule has 1 amide bonds. The summed E-state index contributed by atoms with van der Waals surface area (Å²) in [5.74, 6) is 0. The fraction of sp³-hybridized carbons (Fsp3) is 0.385. The van der Waals surface area contributed by atoms with Crippen molar-refractivity contribution in [2.75, 3.05) is 13.2 Å². The average molecular weight is 297 g/mol. The van der Waals surface area contributed by atoms with Gasteiger partial charge in [0.15, 0.2) is 0 Å². The van der Waals surface area contributed by atoms with Crippen molar-refractivity contribution >= 4 is 17.4 Å². The Bertz CT molecular complexity index is 459. The van der Waals surface area contributed by atoms with Crippen LogP contribution in [0.5, 0.6) is 0 Å². The van der Waals surface area contributed by atoms with Gasteiger partial charge in [-0.1, -0.05) is 18.2 Å². The molecule has 0 aliphatic carbocycles. The zero-order valence-corrected chi connectivity index (χ0v) is 11.9. The van der Waals surface area contributed by atoms with Crippen LogP contribution in [0.2, 0.25) is 0 Å². The molecule has 0 aliphatic rings. The summed E-state index contributed by atoms with van der Waals surface area (Å²) in [5.41, 5.74) is 5.90. The Kier molecular flexibility index (Phi) is 7.56. The van der Waals surface area contributed by atoms with Crippen molar-refractivity contribution in [1.82, 2.24) is 10.3 Å². The van der Waals surface area contributed by atoms with Gasteiger partial charge in [-0.25, -0.2) is 9.78 Å². The zero-order chi connectivity index (χ0) is 14.8. The number of rotatable bonds is 8. The summed E-state index contributed by atoms with van der Waals surface area (Å²) in [7, 11) is 0. The summed E-state index contributed by atoms with van der Waals surface area (Å²) >= 11 is 1.32. The third-order valence-corrected chi connectivity index (χ3v) is 3.43. The molecule has 0 bridgehead atoms. The Morgan fingerprint density at radius 1 is 1.65 bits per heavy atom. The van der Waals surface area contributed by atoms with E-state index < -0.39 is 6.09 Å². The second-order valence-corrected chi connectivity index (χ2v) is 5.04. The maximum Gasteiger partial charge on any atom is 0.407 e. The number of carbonyl (C=O) groups is 1. The molecule has 1 atom stereocenters. The first-order valence-electron chi connectivity index (χ1n) is 6.15. The molecule has 0 aliphatic heterocycles. The van der Waals surface area contributed by atoms with Gasteiger partial charge in [0.1, 0.15) is 11.6 Å². The number of thiazole rings is 1. The smallest absolute Gasteiger partial charge is 0.407 e. The van der Waals surface area contributed by atoms with Crippen LogP contribution >= 0.6 is 11.3 Å². The highest BCUT2D eigenvalue weighted by Crippen LogP contribution is 2.18. The van der Waals surface area contributed by atoms with Gasteiger partial charge in [-0.3, -0.25) is 0 Å². The highest BCUT2D eigenvalue weighted by Gasteiger charge is 2.11. The minimum Gasteiger partial charge on any atom is -0.445 e. The number of nitrogens with zero attached hydrogens (tertiary/aromatic N) is 1. The molecule has 0 fully saturated rings. The lowest BCUT2D eigenvalue weighted by Gasteiger charge is -2.10. The number of carbonyl (C=O) groups excluding carboxylic acids is 1. The van der Waals surface area contributed by atoms with Crippen molar-refractivity contribution in [1.29, 1.82) is 0 Å². The van der Waals surface area contributed by atoms with Gasteiger partial charge >= 0.3 is 6.09 Å². The number of ether oxygens (including phenoxy) is 1. The van der Waals surface area contributed by atoms with Crippen LogP contribution in [0, 0.1) is 0 Å². The molecule has 0 saturated heterocycles. The minimum absolute atomic E-state index is 0.107. The van der Waals surface area contributed by atoms with E-state index >= 15 is 0 Å². The van der Waals surface area contributed by atoms with Crippen molar-refractivity contribution in [2.45, 2.75) is 19.1 Å². The van der Waals surface area contributed by atoms with Crippen LogP contribution in [0.1, 0.15) is 22.3 Å². The van der Waals surface area contributed by atoms with Crippen LogP contribution in [0.4, 0.5) is 4.79 Å². The summed E-state index contributed by atoms with van der Waals surface area (Å²) in [6.07, 6.45) is 7.19. The highest BCUT2D eigenvalue weighted by atomic mass is 32.1. The maximum atomic E-state index is 11.4. The molecule has 1 unspecified atom stereocenters. The van der Waals surface area contributed by atoms with Crippen LogP contribution in [0.15, 0.2) is 31.0 Å². The van der Waals surface area contributed by atoms with E-state index in [2.05, 4.69) is 16.9 Å². The van der Waals surface area contributed by atoms with E-state index in [4.69, 9.17) is 15.6 Å². The van der Waals surface area contributed by atoms with Crippen molar-refractivity contribution in [3.05, 3.63) is 40.9 Å². The topological polar surface area (TPSA) is 97.5 Å². The summed E-state index contributed by atoms with van der Waals surface area (Å²) in [6, 6.07) is -0.364. The Hall–Kier alpha value is -1.70. The van der Waals surface area contributed by atoms with Crippen LogP contribution < -0.4 is 11.1 Å². The predicted molar refractivity (Wildman–Crippen MR) is 78.3 cm³/mol. The van der Waals surface area contributed by atoms with E-state index in [0.717, 1.165) is 11.3 Å². The lowest BCUT2D eigenvalue weighted by Crippen LogP contribution is -2.32. The highest BCUT2D eigenvalue weighted by molar-refractivity contribution is 7.11. The third-order valence-electron chi connectivity index (χ3n) is 2.32. The first-order chi connectivity index (χ1) is 9.67. The molecule has 0 spiro atoms. The normalized spacial score (nSPS) is 12.3. The summed E-state index contributed by atoms with van der Waals surface area (Å²) in [4.78, 5) is 16.2. The number of hydrogen-bond acceptors (Lipinski definition) is 6. The van der Waals surface area contributed by atoms with Gasteiger partial charge in [-0.2, -0.15) is 0 Å². The SMILES string of the molecule is C=CCC=CCOC(=O)NCC(N)c1cnc(CO)s1. The molecule has 1 rings (SSSR count). The molecule has 1 aromatic heterocycles. The summed E-state index contributed by atoms with van der Waals surface area (Å²) in [6.45, 7) is 3.93. The Morgan fingerprint density at radius 3 is 3.10 bits per heavy atom. The first kappa shape index (κ1) is 16.4. The molecule has 1 aromatic rings. The van der Waals surface area contributed by atoms with Gasteiger partial charge < -0.3 is 20.9 Å². The van der Waals surface area contributed by atoms with Crippen LogP contribution in [0.25, 0.3) is 0 Å². The number of allylic oxidation sites excluding steroid dienone is 2. The van der Waals surface area contributed by atoms with Crippen LogP contribution in [0.3, 0.4) is 0 Å². The van der Waals surface area contributed by atoms with Gasteiger partial charge in [0, 0.05) is 17.6 Å². The number of hydrogen-bond donors (Lipinski definition) is 3. The molecular formula is C13H19N3O3S. The fourth-order valence-corrected chi connectivity index (χ4v) is 2.08. The molecule has 4 N–H and O–H groups in total. The number of nitrogens with two attached hydrogens (primary N) is 1. The van der Waals surface area contributed by atoms with Gasteiger partial charge in [0.05, 0.1) is 12.6 Å². The second kappa shape index (κ2) is 9.24. The van der Waals surface area contributed by atoms with Crippen LogP contribution in [-0.2, 0) is 11.3 Å². The largest absolute Gasteiger partial charge is 0.445 e. The van der Waals surface area contributed by atoms with Crippen molar-refractivity contribution in [2.24, 2.45) is 5.73 Å². The number of aliphatic hydroxyl groups is 1. The van der Waals surface area contributed by atoms with E-state index in [1.807, 2.05) is 6.08 Å². The average Bonchev–Trinajstić information content (AvgIpc) is 2.93. The van der Waals surface area contributed by atoms with Gasteiger partial charge in [-0.05, 0) is 6.42 Å².